The highest BCUT2D eigenvalue weighted by Gasteiger charge is 2.44. The molecule has 1 aliphatic rings. The molecule has 0 spiro atoms. The number of carbonyl (C=O) groups excluding carboxylic acids is 2. The summed E-state index contributed by atoms with van der Waals surface area (Å²) in [4.78, 5) is 38.6. The number of carbonyl (C=O) groups is 3. The van der Waals surface area contributed by atoms with E-state index in [2.05, 4.69) is 5.32 Å². The standard InChI is InChI=1S/C22H24N2O5S/c1-2-17(23-22(28)29-13-15-9-5-3-6-10-15)19(25)24-18(21(26)27)14-30-20(24)16-11-7-4-8-12-16/h3-12,17-18,20H,2,13-14H2,1H3,(H,23,28)(H,26,27)/t17-,18-,20?/m0/s1. The predicted octanol–water partition coefficient (Wildman–Crippen LogP) is 3.42. The Morgan fingerprint density at radius 3 is 2.37 bits per heavy atom. The molecule has 1 heterocycles. The molecule has 1 saturated heterocycles. The van der Waals surface area contributed by atoms with Crippen LogP contribution in [0, 0.1) is 0 Å². The fraction of sp³-hybridized carbons (Fsp3) is 0.318. The SMILES string of the molecule is CC[C@H](NC(=O)OCc1ccccc1)C(=O)N1C(c2ccccc2)SC[C@H]1C(=O)O. The molecule has 1 fully saturated rings. The van der Waals surface area contributed by atoms with E-state index >= 15 is 0 Å². The van der Waals surface area contributed by atoms with Gasteiger partial charge in [0.15, 0.2) is 0 Å². The van der Waals surface area contributed by atoms with Gasteiger partial charge in [-0.05, 0) is 17.5 Å². The second kappa shape index (κ2) is 10.2. The molecular formula is C22H24N2O5S. The quantitative estimate of drug-likeness (QED) is 0.702. The second-order valence-electron chi connectivity index (χ2n) is 6.86. The Labute approximate surface area is 179 Å². The van der Waals surface area contributed by atoms with Crippen LogP contribution in [0.1, 0.15) is 29.8 Å². The molecular weight excluding hydrogens is 404 g/mol. The van der Waals surface area contributed by atoms with E-state index in [0.29, 0.717) is 6.42 Å². The van der Waals surface area contributed by atoms with Crippen molar-refractivity contribution in [3.63, 3.8) is 0 Å². The summed E-state index contributed by atoms with van der Waals surface area (Å²) in [5, 5.41) is 11.8. The van der Waals surface area contributed by atoms with Crippen LogP contribution < -0.4 is 5.32 Å². The molecule has 1 aliphatic heterocycles. The Kier molecular flexibility index (Phi) is 7.35. The van der Waals surface area contributed by atoms with Crippen LogP contribution in [0.5, 0.6) is 0 Å². The number of rotatable bonds is 7. The minimum absolute atomic E-state index is 0.0846. The molecule has 2 amide bonds. The first-order valence-electron chi connectivity index (χ1n) is 9.70. The summed E-state index contributed by atoms with van der Waals surface area (Å²) in [7, 11) is 0. The molecule has 7 nitrogen and oxygen atoms in total. The molecule has 3 atom stereocenters. The molecule has 0 bridgehead atoms. The Hall–Kier alpha value is -3.00. The molecule has 8 heteroatoms. The van der Waals surface area contributed by atoms with Crippen molar-refractivity contribution >= 4 is 29.7 Å². The second-order valence-corrected chi connectivity index (χ2v) is 7.98. The number of amides is 2. The van der Waals surface area contributed by atoms with Gasteiger partial charge >= 0.3 is 12.1 Å². The summed E-state index contributed by atoms with van der Waals surface area (Å²) >= 11 is 1.40. The fourth-order valence-electron chi connectivity index (χ4n) is 3.27. The van der Waals surface area contributed by atoms with Gasteiger partial charge < -0.3 is 20.1 Å². The van der Waals surface area contributed by atoms with Crippen LogP contribution in [0.4, 0.5) is 4.79 Å². The highest BCUT2D eigenvalue weighted by Crippen LogP contribution is 2.41. The van der Waals surface area contributed by atoms with E-state index in [-0.39, 0.29) is 12.4 Å². The van der Waals surface area contributed by atoms with Crippen molar-refractivity contribution in [3.05, 3.63) is 71.8 Å². The van der Waals surface area contributed by atoms with Crippen LogP contribution in [0.2, 0.25) is 0 Å². The minimum Gasteiger partial charge on any atom is -0.480 e. The Balaban J connectivity index is 1.71. The number of hydrogen-bond acceptors (Lipinski definition) is 5. The number of nitrogens with zero attached hydrogens (tertiary/aromatic N) is 1. The molecule has 1 unspecified atom stereocenters. The highest BCUT2D eigenvalue weighted by molar-refractivity contribution is 7.99. The zero-order chi connectivity index (χ0) is 21.5. The summed E-state index contributed by atoms with van der Waals surface area (Å²) in [5.41, 5.74) is 1.68. The third-order valence-corrected chi connectivity index (χ3v) is 6.16. The van der Waals surface area contributed by atoms with Crippen LogP contribution in [-0.4, -0.2) is 45.8 Å². The van der Waals surface area contributed by atoms with Gasteiger partial charge in [-0.15, -0.1) is 11.8 Å². The van der Waals surface area contributed by atoms with Crippen LogP contribution in [0.15, 0.2) is 60.7 Å². The number of alkyl carbamates (subject to hydrolysis) is 1. The molecule has 0 aromatic heterocycles. The summed E-state index contributed by atoms with van der Waals surface area (Å²) < 4.78 is 5.22. The van der Waals surface area contributed by atoms with Crippen molar-refractivity contribution in [2.24, 2.45) is 0 Å². The summed E-state index contributed by atoms with van der Waals surface area (Å²) in [6.07, 6.45) is -0.400. The fourth-order valence-corrected chi connectivity index (χ4v) is 4.69. The molecule has 0 radical (unpaired) electrons. The monoisotopic (exact) mass is 428 g/mol. The molecule has 2 N–H and O–H groups in total. The maximum atomic E-state index is 13.3. The van der Waals surface area contributed by atoms with E-state index in [4.69, 9.17) is 4.74 Å². The number of benzene rings is 2. The molecule has 2 aromatic rings. The number of hydrogen-bond donors (Lipinski definition) is 2. The van der Waals surface area contributed by atoms with Crippen molar-refractivity contribution in [1.29, 1.82) is 0 Å². The summed E-state index contributed by atoms with van der Waals surface area (Å²) in [5.74, 6) is -1.20. The number of nitrogens with one attached hydrogen (secondary N) is 1. The molecule has 0 aliphatic carbocycles. The average Bonchev–Trinajstić information content (AvgIpc) is 3.22. The first-order chi connectivity index (χ1) is 14.5. The lowest BCUT2D eigenvalue weighted by atomic mass is 10.1. The largest absolute Gasteiger partial charge is 0.480 e. The molecule has 2 aromatic carbocycles. The third kappa shape index (κ3) is 5.13. The maximum absolute atomic E-state index is 13.3. The summed E-state index contributed by atoms with van der Waals surface area (Å²) in [6, 6.07) is 16.7. The molecule has 0 saturated carbocycles. The lowest BCUT2D eigenvalue weighted by Gasteiger charge is -2.31. The van der Waals surface area contributed by atoms with Crippen molar-refractivity contribution in [2.45, 2.75) is 37.4 Å². The van der Waals surface area contributed by atoms with Gasteiger partial charge in [-0.1, -0.05) is 67.6 Å². The van der Waals surface area contributed by atoms with E-state index in [1.165, 1.54) is 16.7 Å². The van der Waals surface area contributed by atoms with Gasteiger partial charge in [0.2, 0.25) is 5.91 Å². The van der Waals surface area contributed by atoms with Gasteiger partial charge in [0, 0.05) is 5.75 Å². The number of aliphatic carboxylic acids is 1. The number of ether oxygens (including phenoxy) is 1. The van der Waals surface area contributed by atoms with Gasteiger partial charge in [0.05, 0.1) is 0 Å². The van der Waals surface area contributed by atoms with Crippen LogP contribution >= 0.6 is 11.8 Å². The van der Waals surface area contributed by atoms with Gasteiger partial charge in [-0.2, -0.15) is 0 Å². The topological polar surface area (TPSA) is 95.9 Å². The zero-order valence-corrected chi connectivity index (χ0v) is 17.4. The van der Waals surface area contributed by atoms with Crippen LogP contribution in [0.3, 0.4) is 0 Å². The zero-order valence-electron chi connectivity index (χ0n) is 16.6. The first-order valence-corrected chi connectivity index (χ1v) is 10.7. The molecule has 3 rings (SSSR count). The summed E-state index contributed by atoms with van der Waals surface area (Å²) in [6.45, 7) is 1.85. The van der Waals surface area contributed by atoms with Gasteiger partial charge in [-0.25, -0.2) is 9.59 Å². The van der Waals surface area contributed by atoms with Gasteiger partial charge in [0.1, 0.15) is 24.1 Å². The van der Waals surface area contributed by atoms with E-state index in [1.54, 1.807) is 6.92 Å². The lowest BCUT2D eigenvalue weighted by Crippen LogP contribution is -2.52. The van der Waals surface area contributed by atoms with E-state index in [1.807, 2.05) is 60.7 Å². The predicted molar refractivity (Wildman–Crippen MR) is 114 cm³/mol. The Morgan fingerprint density at radius 2 is 1.77 bits per heavy atom. The van der Waals surface area contributed by atoms with Gasteiger partial charge in [-0.3, -0.25) is 4.79 Å². The lowest BCUT2D eigenvalue weighted by molar-refractivity contribution is -0.150. The minimum atomic E-state index is -1.06. The van der Waals surface area contributed by atoms with E-state index in [9.17, 15) is 19.5 Å². The first kappa shape index (κ1) is 21.7. The average molecular weight is 429 g/mol. The van der Waals surface area contributed by atoms with Crippen LogP contribution in [-0.2, 0) is 20.9 Å². The van der Waals surface area contributed by atoms with Crippen LogP contribution in [0.25, 0.3) is 0 Å². The Bertz CT molecular complexity index is 878. The van der Waals surface area contributed by atoms with E-state index in [0.717, 1.165) is 11.1 Å². The highest BCUT2D eigenvalue weighted by atomic mass is 32.2. The number of thioether (sulfide) groups is 1. The molecule has 158 valence electrons. The normalized spacial score (nSPS) is 19.2. The third-order valence-electron chi connectivity index (χ3n) is 4.84. The smallest absolute Gasteiger partial charge is 0.408 e. The van der Waals surface area contributed by atoms with Crippen molar-refractivity contribution in [1.82, 2.24) is 10.2 Å². The van der Waals surface area contributed by atoms with Crippen molar-refractivity contribution < 1.29 is 24.2 Å². The molecule has 30 heavy (non-hydrogen) atoms. The maximum Gasteiger partial charge on any atom is 0.408 e. The Morgan fingerprint density at radius 1 is 1.13 bits per heavy atom. The van der Waals surface area contributed by atoms with E-state index < -0.39 is 35.4 Å². The number of carboxylic acids is 1. The number of carboxylic acid groups (broad SMARTS) is 1. The van der Waals surface area contributed by atoms with Gasteiger partial charge in [0.25, 0.3) is 0 Å². The van der Waals surface area contributed by atoms with Crippen molar-refractivity contribution in [2.75, 3.05) is 5.75 Å². The van der Waals surface area contributed by atoms with Crippen molar-refractivity contribution in [3.8, 4) is 0 Å².